The molecule has 0 spiro atoms. The summed E-state index contributed by atoms with van der Waals surface area (Å²) in [6, 6.07) is 15.3. The van der Waals surface area contributed by atoms with Crippen molar-refractivity contribution in [1.82, 2.24) is 0 Å². The Morgan fingerprint density at radius 3 is 1.94 bits per heavy atom. The lowest BCUT2D eigenvalue weighted by atomic mass is 10.1. The van der Waals surface area contributed by atoms with Crippen molar-refractivity contribution in [1.29, 1.82) is 0 Å². The molecule has 0 heterocycles. The molecule has 3 rings (SSSR count). The summed E-state index contributed by atoms with van der Waals surface area (Å²) >= 11 is 7.19. The Morgan fingerprint density at radius 2 is 1.39 bits per heavy atom. The van der Waals surface area contributed by atoms with Crippen LogP contribution in [0.2, 0.25) is 0 Å². The molecular formula is C15H13Br2N. The van der Waals surface area contributed by atoms with Crippen LogP contribution in [0.5, 0.6) is 0 Å². The van der Waals surface area contributed by atoms with E-state index in [1.165, 1.54) is 11.1 Å². The Bertz CT molecular complexity index is 535. The van der Waals surface area contributed by atoms with E-state index in [9.17, 15) is 0 Å². The van der Waals surface area contributed by atoms with Gasteiger partial charge in [-0.15, -0.1) is 0 Å². The number of halogens is 2. The number of hydrogen-bond donors (Lipinski definition) is 1. The van der Waals surface area contributed by atoms with Crippen LogP contribution in [0, 0.1) is 0 Å². The van der Waals surface area contributed by atoms with Crippen molar-refractivity contribution in [3.63, 3.8) is 0 Å². The van der Waals surface area contributed by atoms with Crippen molar-refractivity contribution in [3.05, 3.63) is 62.5 Å². The summed E-state index contributed by atoms with van der Waals surface area (Å²) in [6.07, 6.45) is 2.20. The summed E-state index contributed by atoms with van der Waals surface area (Å²) in [7, 11) is 0. The van der Waals surface area contributed by atoms with E-state index in [-0.39, 0.29) is 0 Å². The lowest BCUT2D eigenvalue weighted by Gasteiger charge is -2.16. The van der Waals surface area contributed by atoms with Gasteiger partial charge in [-0.05, 0) is 68.0 Å². The van der Waals surface area contributed by atoms with Crippen LogP contribution >= 0.6 is 31.9 Å². The summed E-state index contributed by atoms with van der Waals surface area (Å²) in [5.74, 6) is 0. The van der Waals surface area contributed by atoms with E-state index in [0.717, 1.165) is 27.5 Å². The predicted molar refractivity (Wildman–Crippen MR) is 83.1 cm³/mol. The number of hydrogen-bond acceptors (Lipinski definition) is 1. The van der Waals surface area contributed by atoms with Gasteiger partial charge in [-0.1, -0.05) is 30.3 Å². The molecule has 18 heavy (non-hydrogen) atoms. The molecular weight excluding hydrogens is 354 g/mol. The number of fused-ring (bicyclic) bond motifs is 1. The summed E-state index contributed by atoms with van der Waals surface area (Å²) in [4.78, 5) is 0. The molecule has 1 N–H and O–H groups in total. The maximum Gasteiger partial charge on any atom is 0.0631 e. The minimum Gasteiger partial charge on any atom is -0.380 e. The Hall–Kier alpha value is -0.800. The fourth-order valence-electron chi connectivity index (χ4n) is 2.50. The minimum atomic E-state index is 0.484. The third kappa shape index (κ3) is 2.34. The van der Waals surface area contributed by atoms with Gasteiger partial charge in [-0.3, -0.25) is 0 Å². The van der Waals surface area contributed by atoms with Crippen LogP contribution in [-0.2, 0) is 12.8 Å². The summed E-state index contributed by atoms with van der Waals surface area (Å²) in [5, 5.41) is 3.63. The van der Waals surface area contributed by atoms with E-state index in [1.807, 2.05) is 6.07 Å². The van der Waals surface area contributed by atoms with E-state index in [0.29, 0.717) is 6.04 Å². The molecule has 0 bridgehead atoms. The van der Waals surface area contributed by atoms with Crippen LogP contribution in [0.4, 0.5) is 5.69 Å². The maximum absolute atomic E-state index is 3.63. The number of para-hydroxylation sites is 1. The second-order valence-corrected chi connectivity index (χ2v) is 6.32. The van der Waals surface area contributed by atoms with E-state index < -0.39 is 0 Å². The quantitative estimate of drug-likeness (QED) is 0.805. The molecule has 0 fully saturated rings. The first-order valence-electron chi connectivity index (χ1n) is 6.01. The number of anilines is 1. The van der Waals surface area contributed by atoms with Gasteiger partial charge in [0.15, 0.2) is 0 Å². The molecule has 1 nitrogen and oxygen atoms in total. The van der Waals surface area contributed by atoms with Gasteiger partial charge in [0, 0.05) is 15.0 Å². The lowest BCUT2D eigenvalue weighted by molar-refractivity contribution is 0.773. The Morgan fingerprint density at radius 1 is 0.833 bits per heavy atom. The van der Waals surface area contributed by atoms with Crippen molar-refractivity contribution in [2.45, 2.75) is 18.9 Å². The third-order valence-corrected chi connectivity index (χ3v) is 4.68. The molecule has 2 aromatic carbocycles. The molecule has 0 radical (unpaired) electrons. The van der Waals surface area contributed by atoms with Crippen LogP contribution < -0.4 is 5.32 Å². The van der Waals surface area contributed by atoms with Gasteiger partial charge in [0.1, 0.15) is 0 Å². The van der Waals surface area contributed by atoms with E-state index >= 15 is 0 Å². The van der Waals surface area contributed by atoms with Crippen molar-refractivity contribution in [3.8, 4) is 0 Å². The fourth-order valence-corrected chi connectivity index (χ4v) is 3.73. The Kier molecular flexibility index (Phi) is 3.44. The molecule has 0 atom stereocenters. The molecule has 92 valence electrons. The molecule has 0 saturated carbocycles. The zero-order valence-corrected chi connectivity index (χ0v) is 13.0. The maximum atomic E-state index is 3.63. The molecule has 3 heteroatoms. The highest BCUT2D eigenvalue weighted by atomic mass is 79.9. The topological polar surface area (TPSA) is 12.0 Å². The largest absolute Gasteiger partial charge is 0.380 e. The van der Waals surface area contributed by atoms with Gasteiger partial charge in [0.05, 0.1) is 5.69 Å². The van der Waals surface area contributed by atoms with Gasteiger partial charge in [-0.2, -0.15) is 0 Å². The van der Waals surface area contributed by atoms with Crippen molar-refractivity contribution in [2.75, 3.05) is 5.32 Å². The smallest absolute Gasteiger partial charge is 0.0631 e. The molecule has 0 amide bonds. The molecule has 0 unspecified atom stereocenters. The zero-order chi connectivity index (χ0) is 12.5. The van der Waals surface area contributed by atoms with Crippen molar-refractivity contribution < 1.29 is 0 Å². The van der Waals surface area contributed by atoms with Crippen molar-refractivity contribution in [2.24, 2.45) is 0 Å². The van der Waals surface area contributed by atoms with Crippen molar-refractivity contribution >= 4 is 37.5 Å². The van der Waals surface area contributed by atoms with Gasteiger partial charge < -0.3 is 5.32 Å². The zero-order valence-electron chi connectivity index (χ0n) is 9.79. The number of benzene rings is 2. The highest BCUT2D eigenvalue weighted by Gasteiger charge is 2.21. The highest BCUT2D eigenvalue weighted by Crippen LogP contribution is 2.33. The number of rotatable bonds is 2. The summed E-state index contributed by atoms with van der Waals surface area (Å²) < 4.78 is 2.21. The molecule has 0 saturated heterocycles. The highest BCUT2D eigenvalue weighted by molar-refractivity contribution is 9.11. The van der Waals surface area contributed by atoms with Gasteiger partial charge >= 0.3 is 0 Å². The standard InChI is InChI=1S/C15H13Br2N/c16-13-6-3-7-14(17)15(13)18-12-8-10-4-1-2-5-11(10)9-12/h1-7,12,18H,8-9H2. The molecule has 0 aliphatic heterocycles. The lowest BCUT2D eigenvalue weighted by Crippen LogP contribution is -2.20. The summed E-state index contributed by atoms with van der Waals surface area (Å²) in [6.45, 7) is 0. The molecule has 1 aliphatic carbocycles. The first kappa shape index (κ1) is 12.2. The third-order valence-electron chi connectivity index (χ3n) is 3.36. The van der Waals surface area contributed by atoms with Crippen LogP contribution in [0.1, 0.15) is 11.1 Å². The summed E-state index contributed by atoms with van der Waals surface area (Å²) in [5.41, 5.74) is 4.09. The molecule has 2 aromatic rings. The SMILES string of the molecule is Brc1cccc(Br)c1NC1Cc2ccccc2C1. The fraction of sp³-hybridized carbons (Fsp3) is 0.200. The molecule has 0 aromatic heterocycles. The Labute approximate surface area is 124 Å². The molecule has 1 aliphatic rings. The number of nitrogens with one attached hydrogen (secondary N) is 1. The second-order valence-electron chi connectivity index (χ2n) is 4.61. The van der Waals surface area contributed by atoms with Gasteiger partial charge in [0.25, 0.3) is 0 Å². The second kappa shape index (κ2) is 5.06. The van der Waals surface area contributed by atoms with Gasteiger partial charge in [-0.25, -0.2) is 0 Å². The average molecular weight is 367 g/mol. The predicted octanol–water partition coefficient (Wildman–Crippen LogP) is 4.79. The van der Waals surface area contributed by atoms with Crippen LogP contribution in [0.15, 0.2) is 51.4 Å². The van der Waals surface area contributed by atoms with Gasteiger partial charge in [0.2, 0.25) is 0 Å². The minimum absolute atomic E-state index is 0.484. The van der Waals surface area contributed by atoms with E-state index in [2.05, 4.69) is 73.6 Å². The monoisotopic (exact) mass is 365 g/mol. The average Bonchev–Trinajstić information content (AvgIpc) is 2.76. The van der Waals surface area contributed by atoms with Crippen LogP contribution in [0.25, 0.3) is 0 Å². The van der Waals surface area contributed by atoms with Crippen LogP contribution in [-0.4, -0.2) is 6.04 Å². The first-order chi connectivity index (χ1) is 8.74. The van der Waals surface area contributed by atoms with Crippen LogP contribution in [0.3, 0.4) is 0 Å². The first-order valence-corrected chi connectivity index (χ1v) is 7.60. The normalized spacial score (nSPS) is 14.6. The van der Waals surface area contributed by atoms with E-state index in [1.54, 1.807) is 0 Å². The van der Waals surface area contributed by atoms with E-state index in [4.69, 9.17) is 0 Å². The Balaban J connectivity index is 1.80.